The fourth-order valence-corrected chi connectivity index (χ4v) is 2.47. The minimum Gasteiger partial charge on any atom is -0.310 e. The molecule has 1 aromatic carbocycles. The summed E-state index contributed by atoms with van der Waals surface area (Å²) in [4.78, 5) is 0. The summed E-state index contributed by atoms with van der Waals surface area (Å²) in [6.45, 7) is 5.20. The molecule has 0 aliphatic rings. The fourth-order valence-electron chi connectivity index (χ4n) is 2.47. The normalized spacial score (nSPS) is 12.6. The van der Waals surface area contributed by atoms with Crippen LogP contribution in [0.5, 0.6) is 0 Å². The molecule has 0 saturated carbocycles. The molecule has 21 heavy (non-hydrogen) atoms. The van der Waals surface area contributed by atoms with Gasteiger partial charge < -0.3 is 5.32 Å². The van der Waals surface area contributed by atoms with Crippen LogP contribution in [0.15, 0.2) is 30.3 Å². The Morgan fingerprint density at radius 1 is 1.24 bits per heavy atom. The minimum absolute atomic E-state index is 0.186. The second-order valence-electron chi connectivity index (χ2n) is 5.37. The molecule has 1 N–H and O–H groups in total. The van der Waals surface area contributed by atoms with E-state index in [9.17, 15) is 4.39 Å². The first-order valence-corrected chi connectivity index (χ1v) is 7.64. The van der Waals surface area contributed by atoms with Gasteiger partial charge in [-0.05, 0) is 43.1 Å². The van der Waals surface area contributed by atoms with E-state index in [0.29, 0.717) is 0 Å². The Bertz CT molecular complexity index is 560. The molecule has 0 aliphatic carbocycles. The molecule has 2 rings (SSSR count). The van der Waals surface area contributed by atoms with Gasteiger partial charge in [-0.1, -0.05) is 26.0 Å². The number of aryl methyl sites for hydroxylation is 2. The maximum absolute atomic E-state index is 13.1. The molecule has 0 spiro atoms. The van der Waals surface area contributed by atoms with E-state index >= 15 is 0 Å². The van der Waals surface area contributed by atoms with Gasteiger partial charge in [-0.2, -0.15) is 5.10 Å². The lowest BCUT2D eigenvalue weighted by atomic mass is 10.0. The molecule has 0 amide bonds. The lowest BCUT2D eigenvalue weighted by molar-refractivity contribution is 0.511. The van der Waals surface area contributed by atoms with Crippen LogP contribution in [0.25, 0.3) is 0 Å². The zero-order valence-corrected chi connectivity index (χ0v) is 13.1. The topological polar surface area (TPSA) is 29.9 Å². The molecule has 1 heterocycles. The Kier molecular flexibility index (Phi) is 5.51. The predicted molar refractivity (Wildman–Crippen MR) is 83.7 cm³/mol. The van der Waals surface area contributed by atoms with Crippen molar-refractivity contribution in [2.75, 3.05) is 6.54 Å². The SMILES string of the molecule is CCCNC(Cc1cc(CC)nn1C)c1ccc(F)cc1. The van der Waals surface area contributed by atoms with Crippen molar-refractivity contribution in [3.05, 3.63) is 53.1 Å². The van der Waals surface area contributed by atoms with Gasteiger partial charge in [0.1, 0.15) is 5.82 Å². The fraction of sp³-hybridized carbons (Fsp3) is 0.471. The highest BCUT2D eigenvalue weighted by molar-refractivity contribution is 5.22. The molecule has 2 aromatic rings. The summed E-state index contributed by atoms with van der Waals surface area (Å²) in [5, 5.41) is 8.04. The smallest absolute Gasteiger partial charge is 0.123 e. The Hall–Kier alpha value is -1.68. The number of hydrogen-bond donors (Lipinski definition) is 1. The maximum atomic E-state index is 13.1. The molecule has 4 heteroatoms. The van der Waals surface area contributed by atoms with Crippen molar-refractivity contribution in [3.63, 3.8) is 0 Å². The van der Waals surface area contributed by atoms with Crippen molar-refractivity contribution in [2.24, 2.45) is 7.05 Å². The van der Waals surface area contributed by atoms with Crippen LogP contribution in [0.2, 0.25) is 0 Å². The van der Waals surface area contributed by atoms with Crippen LogP contribution < -0.4 is 5.32 Å². The maximum Gasteiger partial charge on any atom is 0.123 e. The third kappa shape index (κ3) is 4.14. The van der Waals surface area contributed by atoms with E-state index < -0.39 is 0 Å². The molecular weight excluding hydrogens is 265 g/mol. The van der Waals surface area contributed by atoms with Crippen molar-refractivity contribution in [3.8, 4) is 0 Å². The summed E-state index contributed by atoms with van der Waals surface area (Å²) in [6.07, 6.45) is 2.87. The molecule has 1 aromatic heterocycles. The number of benzene rings is 1. The highest BCUT2D eigenvalue weighted by Gasteiger charge is 2.14. The summed E-state index contributed by atoms with van der Waals surface area (Å²) in [5.41, 5.74) is 3.43. The average Bonchev–Trinajstić information content (AvgIpc) is 2.85. The van der Waals surface area contributed by atoms with Crippen molar-refractivity contribution >= 4 is 0 Å². The molecule has 1 atom stereocenters. The number of hydrogen-bond acceptors (Lipinski definition) is 2. The highest BCUT2D eigenvalue weighted by Crippen LogP contribution is 2.19. The number of nitrogens with one attached hydrogen (secondary N) is 1. The second kappa shape index (κ2) is 7.36. The summed E-state index contributed by atoms with van der Waals surface area (Å²) in [5.74, 6) is -0.193. The van der Waals surface area contributed by atoms with Gasteiger partial charge in [0.2, 0.25) is 0 Å². The predicted octanol–water partition coefficient (Wildman–Crippen LogP) is 3.41. The Balaban J connectivity index is 2.19. The van der Waals surface area contributed by atoms with E-state index in [1.165, 1.54) is 17.8 Å². The van der Waals surface area contributed by atoms with Crippen LogP contribution >= 0.6 is 0 Å². The molecule has 0 radical (unpaired) electrons. The van der Waals surface area contributed by atoms with E-state index in [1.807, 2.05) is 23.9 Å². The van der Waals surface area contributed by atoms with Gasteiger partial charge in [0, 0.05) is 25.2 Å². The molecule has 0 fully saturated rings. The van der Waals surface area contributed by atoms with Crippen LogP contribution in [0.3, 0.4) is 0 Å². The van der Waals surface area contributed by atoms with Gasteiger partial charge in [0.05, 0.1) is 5.69 Å². The Labute approximate surface area is 126 Å². The highest BCUT2D eigenvalue weighted by atomic mass is 19.1. The standard InChI is InChI=1S/C17H24FN3/c1-4-10-19-17(13-6-8-14(18)9-7-13)12-16-11-15(5-2)20-21(16)3/h6-9,11,17,19H,4-5,10,12H2,1-3H3. The summed E-state index contributed by atoms with van der Waals surface area (Å²) >= 11 is 0. The molecule has 0 saturated heterocycles. The largest absolute Gasteiger partial charge is 0.310 e. The molecule has 0 aliphatic heterocycles. The van der Waals surface area contributed by atoms with Crippen molar-refractivity contribution in [1.29, 1.82) is 0 Å². The van der Waals surface area contributed by atoms with E-state index in [1.54, 1.807) is 0 Å². The Morgan fingerprint density at radius 3 is 2.52 bits per heavy atom. The number of nitrogens with zero attached hydrogens (tertiary/aromatic N) is 2. The molecule has 114 valence electrons. The summed E-state index contributed by atoms with van der Waals surface area (Å²) in [7, 11) is 1.98. The van der Waals surface area contributed by atoms with Crippen LogP contribution in [-0.2, 0) is 19.9 Å². The van der Waals surface area contributed by atoms with Crippen molar-refractivity contribution < 1.29 is 4.39 Å². The third-order valence-electron chi connectivity index (χ3n) is 3.72. The van der Waals surface area contributed by atoms with Crippen LogP contribution in [0.1, 0.15) is 43.3 Å². The first-order chi connectivity index (χ1) is 10.1. The lowest BCUT2D eigenvalue weighted by Gasteiger charge is -2.19. The van der Waals surface area contributed by atoms with E-state index in [4.69, 9.17) is 0 Å². The van der Waals surface area contributed by atoms with Gasteiger partial charge in [0.25, 0.3) is 0 Å². The van der Waals surface area contributed by atoms with Crippen LogP contribution in [0, 0.1) is 5.82 Å². The quantitative estimate of drug-likeness (QED) is 0.846. The number of halogens is 1. The third-order valence-corrected chi connectivity index (χ3v) is 3.72. The summed E-state index contributed by atoms with van der Waals surface area (Å²) in [6, 6.07) is 9.11. The second-order valence-corrected chi connectivity index (χ2v) is 5.37. The van der Waals surface area contributed by atoms with Gasteiger partial charge >= 0.3 is 0 Å². The number of rotatable bonds is 7. The van der Waals surface area contributed by atoms with Gasteiger partial charge in [-0.25, -0.2) is 4.39 Å². The van der Waals surface area contributed by atoms with E-state index in [0.717, 1.165) is 37.1 Å². The first-order valence-electron chi connectivity index (χ1n) is 7.64. The Morgan fingerprint density at radius 2 is 1.95 bits per heavy atom. The molecule has 0 bridgehead atoms. The van der Waals surface area contributed by atoms with Gasteiger partial charge in [-0.15, -0.1) is 0 Å². The van der Waals surface area contributed by atoms with Crippen LogP contribution in [0.4, 0.5) is 4.39 Å². The molecule has 3 nitrogen and oxygen atoms in total. The van der Waals surface area contributed by atoms with Gasteiger partial charge in [-0.3, -0.25) is 4.68 Å². The lowest BCUT2D eigenvalue weighted by Crippen LogP contribution is -2.25. The zero-order chi connectivity index (χ0) is 15.2. The average molecular weight is 289 g/mol. The van der Waals surface area contributed by atoms with Crippen molar-refractivity contribution in [1.82, 2.24) is 15.1 Å². The monoisotopic (exact) mass is 289 g/mol. The zero-order valence-electron chi connectivity index (χ0n) is 13.1. The van der Waals surface area contributed by atoms with Crippen molar-refractivity contribution in [2.45, 2.75) is 39.2 Å². The van der Waals surface area contributed by atoms with E-state index in [2.05, 4.69) is 30.3 Å². The first kappa shape index (κ1) is 15.7. The molecule has 1 unspecified atom stereocenters. The molecular formula is C17H24FN3. The van der Waals surface area contributed by atoms with Crippen LogP contribution in [-0.4, -0.2) is 16.3 Å². The number of aromatic nitrogens is 2. The van der Waals surface area contributed by atoms with Gasteiger partial charge in [0.15, 0.2) is 0 Å². The minimum atomic E-state index is -0.193. The van der Waals surface area contributed by atoms with E-state index in [-0.39, 0.29) is 11.9 Å². The summed E-state index contributed by atoms with van der Waals surface area (Å²) < 4.78 is 15.1.